The number of fused-ring (bicyclic) bond motifs is 4. The van der Waals surface area contributed by atoms with Gasteiger partial charge in [-0.2, -0.15) is 0 Å². The maximum Gasteiger partial charge on any atom is 0.0937 e. The first-order valence-electron chi connectivity index (χ1n) is 14.1. The minimum absolute atomic E-state index is 0.243. The summed E-state index contributed by atoms with van der Waals surface area (Å²) >= 11 is 0. The summed E-state index contributed by atoms with van der Waals surface area (Å²) in [5.41, 5.74) is 0. The van der Waals surface area contributed by atoms with Crippen molar-refractivity contribution in [2.45, 2.75) is 107 Å². The van der Waals surface area contributed by atoms with Crippen LogP contribution < -0.4 is 4.90 Å². The predicted molar refractivity (Wildman–Crippen MR) is 131 cm³/mol. The summed E-state index contributed by atoms with van der Waals surface area (Å²) in [7, 11) is 9.42. The number of methoxy groups -OCH3 is 5. The second-order valence-corrected chi connectivity index (χ2v) is 12.1. The van der Waals surface area contributed by atoms with Gasteiger partial charge in [-0.05, 0) is 69.6 Å². The highest BCUT2D eigenvalue weighted by Crippen LogP contribution is 2.48. The lowest BCUT2D eigenvalue weighted by Gasteiger charge is -2.59. The van der Waals surface area contributed by atoms with Crippen molar-refractivity contribution in [1.29, 1.82) is 0 Å². The molecule has 6 nitrogen and oxygen atoms in total. The molecule has 5 fully saturated rings. The number of piperidine rings is 2. The summed E-state index contributed by atoms with van der Waals surface area (Å²) in [6, 6.07) is 1.52. The van der Waals surface area contributed by atoms with Crippen molar-refractivity contribution >= 4 is 0 Å². The van der Waals surface area contributed by atoms with Gasteiger partial charge in [-0.15, -0.1) is 0 Å². The van der Waals surface area contributed by atoms with Crippen LogP contribution in [0.5, 0.6) is 0 Å². The second kappa shape index (κ2) is 11.0. The largest absolute Gasteiger partial charge is 0.381 e. The smallest absolute Gasteiger partial charge is 0.0937 e. The lowest BCUT2D eigenvalue weighted by molar-refractivity contribution is -0.976. The van der Waals surface area contributed by atoms with Gasteiger partial charge in [0.15, 0.2) is 0 Å². The summed E-state index contributed by atoms with van der Waals surface area (Å²) in [6.07, 6.45) is 14.0. The Balaban J connectivity index is 1.42. The Bertz CT molecular complexity index is 655. The first-order chi connectivity index (χ1) is 16.6. The topological polar surface area (TPSA) is 50.6 Å². The van der Waals surface area contributed by atoms with Gasteiger partial charge < -0.3 is 28.6 Å². The summed E-state index contributed by atoms with van der Waals surface area (Å²) in [6.45, 7) is 1.34. The highest BCUT2D eigenvalue weighted by atomic mass is 16.5. The van der Waals surface area contributed by atoms with Gasteiger partial charge in [-0.1, -0.05) is 0 Å². The molecule has 3 saturated carbocycles. The number of rotatable bonds is 6. The van der Waals surface area contributed by atoms with Crippen LogP contribution >= 0.6 is 0 Å². The Hall–Kier alpha value is -0.240. The van der Waals surface area contributed by atoms with Crippen LogP contribution in [0.25, 0.3) is 0 Å². The van der Waals surface area contributed by atoms with E-state index >= 15 is 0 Å². The molecule has 5 rings (SSSR count). The molecule has 11 unspecified atom stereocenters. The second-order valence-electron chi connectivity index (χ2n) is 12.1. The third-order valence-corrected chi connectivity index (χ3v) is 11.1. The highest BCUT2D eigenvalue weighted by molar-refractivity contribution is 5.01. The van der Waals surface area contributed by atoms with E-state index in [-0.39, 0.29) is 24.4 Å². The molecule has 2 aliphatic heterocycles. The van der Waals surface area contributed by atoms with E-state index in [4.69, 9.17) is 23.7 Å². The van der Waals surface area contributed by atoms with E-state index < -0.39 is 0 Å². The molecule has 0 spiro atoms. The lowest BCUT2D eigenvalue weighted by atomic mass is 9.58. The molecule has 6 heteroatoms. The molecule has 5 aliphatic rings. The molecule has 0 bridgehead atoms. The highest BCUT2D eigenvalue weighted by Gasteiger charge is 2.58. The van der Waals surface area contributed by atoms with E-state index in [2.05, 4.69) is 0 Å². The van der Waals surface area contributed by atoms with E-state index in [1.165, 1.54) is 70.8 Å². The van der Waals surface area contributed by atoms with E-state index in [9.17, 15) is 0 Å². The van der Waals surface area contributed by atoms with Gasteiger partial charge in [0.1, 0.15) is 0 Å². The zero-order chi connectivity index (χ0) is 23.8. The van der Waals surface area contributed by atoms with Crippen LogP contribution in [0.15, 0.2) is 0 Å². The quantitative estimate of drug-likeness (QED) is 0.634. The van der Waals surface area contributed by atoms with Gasteiger partial charge in [0, 0.05) is 59.7 Å². The van der Waals surface area contributed by atoms with Gasteiger partial charge in [-0.3, -0.25) is 0 Å². The molecular weight excluding hydrogens is 430 g/mol. The van der Waals surface area contributed by atoms with Crippen molar-refractivity contribution in [3.63, 3.8) is 0 Å². The number of ether oxygens (including phenoxy) is 5. The van der Waals surface area contributed by atoms with E-state index in [0.29, 0.717) is 6.10 Å². The van der Waals surface area contributed by atoms with Crippen LogP contribution in [-0.2, 0) is 23.7 Å². The molecule has 0 radical (unpaired) electrons. The number of hydrogen-bond acceptors (Lipinski definition) is 5. The number of quaternary nitrogens is 1. The summed E-state index contributed by atoms with van der Waals surface area (Å²) < 4.78 is 29.6. The molecule has 0 aromatic heterocycles. The molecule has 0 aromatic rings. The first kappa shape index (κ1) is 25.4. The molecule has 196 valence electrons. The van der Waals surface area contributed by atoms with Crippen molar-refractivity contribution < 1.29 is 28.6 Å². The molecule has 0 amide bonds. The van der Waals surface area contributed by atoms with Gasteiger partial charge in [0.2, 0.25) is 0 Å². The Kier molecular flexibility index (Phi) is 8.24. The Labute approximate surface area is 207 Å². The van der Waals surface area contributed by atoms with Crippen molar-refractivity contribution in [2.24, 2.45) is 29.6 Å². The maximum absolute atomic E-state index is 6.00. The minimum atomic E-state index is 0.243. The normalized spacial score (nSPS) is 51.3. The first-order valence-corrected chi connectivity index (χ1v) is 14.1. The van der Waals surface area contributed by atoms with Gasteiger partial charge in [0.05, 0.1) is 49.1 Å². The van der Waals surface area contributed by atoms with Crippen molar-refractivity contribution in [1.82, 2.24) is 0 Å². The summed E-state index contributed by atoms with van der Waals surface area (Å²) in [4.78, 5) is 1.94. The predicted octanol–water partition coefficient (Wildman–Crippen LogP) is 2.73. The monoisotopic (exact) mass is 480 g/mol. The van der Waals surface area contributed by atoms with Gasteiger partial charge in [-0.25, -0.2) is 0 Å². The Morgan fingerprint density at radius 2 is 1.06 bits per heavy atom. The Morgan fingerprint density at radius 3 is 1.65 bits per heavy atom. The molecule has 0 aromatic carbocycles. The third kappa shape index (κ3) is 4.61. The van der Waals surface area contributed by atoms with Crippen molar-refractivity contribution in [3.05, 3.63) is 0 Å². The van der Waals surface area contributed by atoms with Crippen LogP contribution in [0.3, 0.4) is 0 Å². The fourth-order valence-corrected chi connectivity index (χ4v) is 9.49. The van der Waals surface area contributed by atoms with E-state index in [1.807, 2.05) is 40.4 Å². The third-order valence-electron chi connectivity index (χ3n) is 11.1. The zero-order valence-corrected chi connectivity index (χ0v) is 22.2. The number of nitrogens with one attached hydrogen (secondary N) is 1. The molecule has 11 atom stereocenters. The molecule has 34 heavy (non-hydrogen) atoms. The Morgan fingerprint density at radius 1 is 0.500 bits per heavy atom. The van der Waals surface area contributed by atoms with E-state index in [1.54, 1.807) is 0 Å². The molecule has 1 N–H and O–H groups in total. The molecule has 2 heterocycles. The average molecular weight is 481 g/mol. The van der Waals surface area contributed by atoms with Crippen molar-refractivity contribution in [2.75, 3.05) is 42.1 Å². The van der Waals surface area contributed by atoms with Gasteiger partial charge in [0.25, 0.3) is 0 Å². The van der Waals surface area contributed by atoms with Crippen LogP contribution in [0, 0.1) is 29.6 Å². The SMILES string of the molecule is COC1CCC(C2C3CC(OC)C(OC)CC3CC3C4CC(OC)C(OC)CC4CC[NH+]32)CC1. The number of hydrogen-bond donors (Lipinski definition) is 1. The van der Waals surface area contributed by atoms with Crippen LogP contribution in [0.4, 0.5) is 0 Å². The van der Waals surface area contributed by atoms with Crippen LogP contribution in [-0.4, -0.2) is 84.7 Å². The summed E-state index contributed by atoms with van der Waals surface area (Å²) in [5, 5.41) is 0. The van der Waals surface area contributed by atoms with Crippen molar-refractivity contribution in [3.8, 4) is 0 Å². The van der Waals surface area contributed by atoms with Gasteiger partial charge >= 0.3 is 0 Å². The maximum atomic E-state index is 6.00. The molecular formula is C28H50NO5+. The zero-order valence-electron chi connectivity index (χ0n) is 22.2. The minimum Gasteiger partial charge on any atom is -0.381 e. The summed E-state index contributed by atoms with van der Waals surface area (Å²) in [5.74, 6) is 3.89. The average Bonchev–Trinajstić information content (AvgIpc) is 2.90. The fourth-order valence-electron chi connectivity index (χ4n) is 9.49. The lowest BCUT2D eigenvalue weighted by Crippen LogP contribution is -3.24. The standard InChI is InChI=1S/C28H49NO5/c1-30-20-8-6-17(7-9-20)28-22-16-27(34-5)25(32-3)14-19(22)12-23-21-15-26(33-4)24(31-2)13-18(21)10-11-29(23)28/h17-28H,6-16H2,1-5H3/p+1. The van der Waals surface area contributed by atoms with Crippen LogP contribution in [0.1, 0.15) is 64.2 Å². The molecule has 3 aliphatic carbocycles. The van der Waals surface area contributed by atoms with Crippen LogP contribution in [0.2, 0.25) is 0 Å². The fraction of sp³-hybridized carbons (Fsp3) is 1.00. The molecule has 2 saturated heterocycles. The van der Waals surface area contributed by atoms with E-state index in [0.717, 1.165) is 41.7 Å².